The number of Topliss-reactive ketones (excluding diaryl/α,β-unsaturated/α-hetero) is 1. The van der Waals surface area contributed by atoms with E-state index in [1.807, 2.05) is 38.1 Å². The molecule has 0 spiro atoms. The molecular formula is C36H49N7O7S. The summed E-state index contributed by atoms with van der Waals surface area (Å²) in [6.07, 6.45) is 0.681. The number of amides is 6. The molecule has 0 aliphatic carbocycles. The van der Waals surface area contributed by atoms with E-state index in [4.69, 9.17) is 5.73 Å². The van der Waals surface area contributed by atoms with Gasteiger partial charge in [0.15, 0.2) is 0 Å². The fraction of sp³-hybridized carbons (Fsp3) is 0.472. The third kappa shape index (κ3) is 13.5. The van der Waals surface area contributed by atoms with Crippen LogP contribution < -0.4 is 32.3 Å². The van der Waals surface area contributed by atoms with Crippen LogP contribution in [0.3, 0.4) is 0 Å². The molecule has 6 amide bonds. The monoisotopic (exact) mass is 723 g/mol. The molecule has 15 heteroatoms. The summed E-state index contributed by atoms with van der Waals surface area (Å²) in [6, 6.07) is 13.1. The molecule has 7 N–H and O–H groups in total. The number of primary amides is 1. The molecule has 3 rings (SSSR count). The Labute approximate surface area is 303 Å². The van der Waals surface area contributed by atoms with Crippen LogP contribution >= 0.6 is 12.6 Å². The lowest BCUT2D eigenvalue weighted by Gasteiger charge is -2.28. The van der Waals surface area contributed by atoms with E-state index in [9.17, 15) is 33.6 Å². The zero-order valence-corrected chi connectivity index (χ0v) is 30.1. The van der Waals surface area contributed by atoms with Crippen molar-refractivity contribution in [3.05, 3.63) is 71.8 Å². The second-order valence-electron chi connectivity index (χ2n) is 13.1. The van der Waals surface area contributed by atoms with Gasteiger partial charge in [0.2, 0.25) is 35.4 Å². The fourth-order valence-corrected chi connectivity index (χ4v) is 5.90. The lowest BCUT2D eigenvalue weighted by molar-refractivity contribution is -0.139. The topological polar surface area (TPSA) is 209 Å². The molecule has 0 aromatic heterocycles. The highest BCUT2D eigenvalue weighted by molar-refractivity contribution is 7.80. The lowest BCUT2D eigenvalue weighted by Crippen LogP contribution is -2.58. The van der Waals surface area contributed by atoms with E-state index in [2.05, 4.69) is 39.2 Å². The summed E-state index contributed by atoms with van der Waals surface area (Å²) in [5.41, 5.74) is 6.93. The molecule has 14 nitrogen and oxygen atoms in total. The standard InChI is InChI=1S/C36H49N7O7S/c1-22(2)16-28(34(48)40-26(14-15-51)32(37)46)39-31(45)21-43(3)36(50)30(18-24-12-8-5-9-13-24)42-35(49)29(17-23-10-6-4-7-11-23)41-33(47)27-19-25(44)20-38-27/h4-13,22,26-30,38,51H,14-21H2,1-3H3,(H2,37,46)(H,39,45)(H,40,48)(H,41,47)(H,42,49)/t26-,27-,28-,29-,30-/m0/s1. The molecule has 1 aliphatic rings. The Hall–Kier alpha value is -4.76. The molecular weight excluding hydrogens is 675 g/mol. The Morgan fingerprint density at radius 3 is 1.88 bits per heavy atom. The number of nitrogens with one attached hydrogen (secondary N) is 5. The van der Waals surface area contributed by atoms with Crippen molar-refractivity contribution in [1.82, 2.24) is 31.5 Å². The Kier molecular flexibility index (Phi) is 16.1. The van der Waals surface area contributed by atoms with Crippen LogP contribution in [0.15, 0.2) is 60.7 Å². The van der Waals surface area contributed by atoms with Gasteiger partial charge in [-0.15, -0.1) is 0 Å². The zero-order chi connectivity index (χ0) is 37.5. The number of carbonyl (C=O) groups excluding carboxylic acids is 7. The summed E-state index contributed by atoms with van der Waals surface area (Å²) >= 11 is 4.11. The van der Waals surface area contributed by atoms with Gasteiger partial charge in [-0.05, 0) is 35.6 Å². The Morgan fingerprint density at radius 1 is 0.824 bits per heavy atom. The average Bonchev–Trinajstić information content (AvgIpc) is 3.53. The maximum Gasteiger partial charge on any atom is 0.245 e. The highest BCUT2D eigenvalue weighted by Gasteiger charge is 2.34. The Morgan fingerprint density at radius 2 is 1.37 bits per heavy atom. The van der Waals surface area contributed by atoms with E-state index >= 15 is 0 Å². The van der Waals surface area contributed by atoms with Gasteiger partial charge < -0.3 is 31.9 Å². The normalized spacial score (nSPS) is 16.3. The van der Waals surface area contributed by atoms with Crippen molar-refractivity contribution in [3.63, 3.8) is 0 Å². The summed E-state index contributed by atoms with van der Waals surface area (Å²) in [7, 11) is 1.41. The van der Waals surface area contributed by atoms with Gasteiger partial charge in [-0.3, -0.25) is 38.9 Å². The summed E-state index contributed by atoms with van der Waals surface area (Å²) in [4.78, 5) is 92.0. The number of nitrogens with zero attached hydrogens (tertiary/aromatic N) is 1. The summed E-state index contributed by atoms with van der Waals surface area (Å²) in [6.45, 7) is 3.36. The van der Waals surface area contributed by atoms with Gasteiger partial charge >= 0.3 is 0 Å². The maximum atomic E-state index is 13.9. The quantitative estimate of drug-likeness (QED) is 0.0952. The van der Waals surface area contributed by atoms with Gasteiger partial charge in [-0.1, -0.05) is 74.5 Å². The molecule has 2 aromatic rings. The number of nitrogens with two attached hydrogens (primary N) is 1. The molecule has 1 aliphatic heterocycles. The molecule has 5 atom stereocenters. The maximum absolute atomic E-state index is 13.9. The minimum Gasteiger partial charge on any atom is -0.368 e. The number of benzene rings is 2. The van der Waals surface area contributed by atoms with Gasteiger partial charge in [0.05, 0.1) is 19.1 Å². The molecule has 1 heterocycles. The van der Waals surface area contributed by atoms with Crippen LogP contribution in [0, 0.1) is 5.92 Å². The van der Waals surface area contributed by atoms with Crippen LogP contribution in [0.4, 0.5) is 0 Å². The Balaban J connectivity index is 1.78. The third-order valence-electron chi connectivity index (χ3n) is 8.30. The summed E-state index contributed by atoms with van der Waals surface area (Å²) in [5, 5.41) is 13.6. The highest BCUT2D eigenvalue weighted by atomic mass is 32.1. The summed E-state index contributed by atoms with van der Waals surface area (Å²) in [5.74, 6) is -3.46. The lowest BCUT2D eigenvalue weighted by atomic mass is 10.0. The van der Waals surface area contributed by atoms with Crippen LogP contribution in [-0.2, 0) is 46.4 Å². The van der Waals surface area contributed by atoms with Crippen molar-refractivity contribution in [1.29, 1.82) is 0 Å². The summed E-state index contributed by atoms with van der Waals surface area (Å²) < 4.78 is 0. The number of likely N-dealkylation sites (N-methyl/N-ethyl adjacent to an activating group) is 1. The van der Waals surface area contributed by atoms with Crippen LogP contribution in [-0.4, -0.2) is 102 Å². The van der Waals surface area contributed by atoms with Crippen LogP contribution in [0.5, 0.6) is 0 Å². The second-order valence-corrected chi connectivity index (χ2v) is 13.5. The molecule has 0 saturated carbocycles. The number of hydrogen-bond donors (Lipinski definition) is 7. The smallest absolute Gasteiger partial charge is 0.245 e. The van der Waals surface area contributed by atoms with Gasteiger partial charge in [-0.25, -0.2) is 0 Å². The molecule has 1 saturated heterocycles. The van der Waals surface area contributed by atoms with Crippen molar-refractivity contribution in [2.24, 2.45) is 11.7 Å². The van der Waals surface area contributed by atoms with Gasteiger partial charge in [0, 0.05) is 26.3 Å². The van der Waals surface area contributed by atoms with E-state index < -0.39 is 72.2 Å². The van der Waals surface area contributed by atoms with Gasteiger partial charge in [0.1, 0.15) is 30.0 Å². The number of ketones is 1. The second kappa shape index (κ2) is 20.2. The largest absolute Gasteiger partial charge is 0.368 e. The van der Waals surface area contributed by atoms with Crippen molar-refractivity contribution in [3.8, 4) is 0 Å². The molecule has 0 bridgehead atoms. The first-order chi connectivity index (χ1) is 24.3. The highest BCUT2D eigenvalue weighted by Crippen LogP contribution is 2.11. The van der Waals surface area contributed by atoms with E-state index in [1.165, 1.54) is 7.05 Å². The molecule has 1 fully saturated rings. The first-order valence-electron chi connectivity index (χ1n) is 17.0. The van der Waals surface area contributed by atoms with E-state index in [0.29, 0.717) is 5.75 Å². The van der Waals surface area contributed by atoms with Gasteiger partial charge in [-0.2, -0.15) is 12.6 Å². The Bertz CT molecular complexity index is 1530. The van der Waals surface area contributed by atoms with Crippen molar-refractivity contribution >= 4 is 53.9 Å². The van der Waals surface area contributed by atoms with E-state index in [0.717, 1.165) is 16.0 Å². The molecule has 276 valence electrons. The van der Waals surface area contributed by atoms with Crippen molar-refractivity contribution in [2.75, 3.05) is 25.9 Å². The average molecular weight is 724 g/mol. The molecule has 2 aromatic carbocycles. The molecule has 51 heavy (non-hydrogen) atoms. The third-order valence-corrected chi connectivity index (χ3v) is 8.56. The van der Waals surface area contributed by atoms with Gasteiger partial charge in [0.25, 0.3) is 0 Å². The SMILES string of the molecule is CC(C)C[C@H](NC(=O)CN(C)C(=O)[C@H](Cc1ccccc1)NC(=O)[C@H](Cc1ccccc1)NC(=O)[C@@H]1CC(=O)CN1)C(=O)N[C@@H](CCS)C(N)=O. The van der Waals surface area contributed by atoms with Crippen molar-refractivity contribution in [2.45, 2.75) is 76.2 Å². The van der Waals surface area contributed by atoms with E-state index in [-0.39, 0.29) is 50.4 Å². The van der Waals surface area contributed by atoms with Crippen LogP contribution in [0.25, 0.3) is 0 Å². The van der Waals surface area contributed by atoms with E-state index in [1.54, 1.807) is 36.4 Å². The minimum atomic E-state index is -1.13. The fourth-order valence-electron chi connectivity index (χ4n) is 5.64. The number of thiol groups is 1. The molecule has 0 unspecified atom stereocenters. The first kappa shape index (κ1) is 40.7. The zero-order valence-electron chi connectivity index (χ0n) is 29.2. The van der Waals surface area contributed by atoms with Crippen LogP contribution in [0.2, 0.25) is 0 Å². The number of carbonyl (C=O) groups is 7. The van der Waals surface area contributed by atoms with Crippen molar-refractivity contribution < 1.29 is 33.6 Å². The number of hydrogen-bond acceptors (Lipinski definition) is 9. The first-order valence-corrected chi connectivity index (χ1v) is 17.6. The predicted molar refractivity (Wildman–Crippen MR) is 194 cm³/mol. The number of rotatable bonds is 19. The minimum absolute atomic E-state index is 0.00274. The molecule has 0 radical (unpaired) electrons. The van der Waals surface area contributed by atoms with Crippen LogP contribution in [0.1, 0.15) is 44.2 Å². The predicted octanol–water partition coefficient (Wildman–Crippen LogP) is -0.348.